The molecule has 1 amide bonds. The van der Waals surface area contributed by atoms with Crippen molar-refractivity contribution in [2.75, 3.05) is 11.9 Å². The van der Waals surface area contributed by atoms with E-state index in [1.165, 1.54) is 10.4 Å². The van der Waals surface area contributed by atoms with E-state index in [2.05, 4.69) is 60.4 Å². The third kappa shape index (κ3) is 4.00. The van der Waals surface area contributed by atoms with Crippen LogP contribution in [0.25, 0.3) is 0 Å². The Morgan fingerprint density at radius 3 is 2.85 bits per heavy atom. The molecule has 1 aliphatic heterocycles. The Bertz CT molecular complexity index is 911. The van der Waals surface area contributed by atoms with Gasteiger partial charge in [0.2, 0.25) is 0 Å². The maximum absolute atomic E-state index is 12.2. The highest BCUT2D eigenvalue weighted by atomic mass is 79.9. The Morgan fingerprint density at radius 2 is 2.08 bits per heavy atom. The van der Waals surface area contributed by atoms with E-state index in [4.69, 9.17) is 0 Å². The standard InChI is InChI=1S/C19H17BrN4OS/c20-14-6-4-13(5-7-14)11-24-10-8-15-17(12-24)26-19(22-15)23-18(25)16-3-1-2-9-21-16/h1-7,9H,8,10-12H2,(H,22,23,25). The van der Waals surface area contributed by atoms with Crippen molar-refractivity contribution in [2.45, 2.75) is 19.5 Å². The van der Waals surface area contributed by atoms with Crippen molar-refractivity contribution in [1.29, 1.82) is 0 Å². The molecule has 0 fully saturated rings. The van der Waals surface area contributed by atoms with Crippen LogP contribution in [0.15, 0.2) is 53.1 Å². The highest BCUT2D eigenvalue weighted by molar-refractivity contribution is 9.10. The van der Waals surface area contributed by atoms with E-state index in [0.29, 0.717) is 10.8 Å². The van der Waals surface area contributed by atoms with Crippen LogP contribution in [-0.2, 0) is 19.5 Å². The first kappa shape index (κ1) is 17.3. The molecular weight excluding hydrogens is 412 g/mol. The molecule has 132 valence electrons. The Hall–Kier alpha value is -2.09. The monoisotopic (exact) mass is 428 g/mol. The molecule has 0 bridgehead atoms. The van der Waals surface area contributed by atoms with Gasteiger partial charge in [-0.05, 0) is 29.8 Å². The lowest BCUT2D eigenvalue weighted by Crippen LogP contribution is -2.29. The average Bonchev–Trinajstić information content (AvgIpc) is 3.06. The number of fused-ring (bicyclic) bond motifs is 1. The second-order valence-electron chi connectivity index (χ2n) is 6.15. The van der Waals surface area contributed by atoms with Crippen molar-refractivity contribution in [2.24, 2.45) is 0 Å². The van der Waals surface area contributed by atoms with E-state index < -0.39 is 0 Å². The molecule has 26 heavy (non-hydrogen) atoms. The van der Waals surface area contributed by atoms with Crippen LogP contribution in [0.3, 0.4) is 0 Å². The number of rotatable bonds is 4. The van der Waals surface area contributed by atoms with Gasteiger partial charge in [0.1, 0.15) is 5.69 Å². The van der Waals surface area contributed by atoms with Gasteiger partial charge in [-0.1, -0.05) is 34.1 Å². The summed E-state index contributed by atoms with van der Waals surface area (Å²) < 4.78 is 1.10. The number of thiazole rings is 1. The number of anilines is 1. The lowest BCUT2D eigenvalue weighted by atomic mass is 10.1. The van der Waals surface area contributed by atoms with Crippen molar-refractivity contribution in [3.63, 3.8) is 0 Å². The zero-order chi connectivity index (χ0) is 17.9. The minimum Gasteiger partial charge on any atom is -0.296 e. The van der Waals surface area contributed by atoms with Gasteiger partial charge in [-0.15, -0.1) is 11.3 Å². The molecule has 0 saturated carbocycles. The smallest absolute Gasteiger partial charge is 0.276 e. The van der Waals surface area contributed by atoms with Crippen LogP contribution in [0, 0.1) is 0 Å². The molecule has 0 radical (unpaired) electrons. The number of pyridine rings is 1. The first-order valence-electron chi connectivity index (χ1n) is 8.35. The molecule has 0 aliphatic carbocycles. The molecule has 5 nitrogen and oxygen atoms in total. The number of hydrogen-bond acceptors (Lipinski definition) is 5. The van der Waals surface area contributed by atoms with Crippen LogP contribution in [0.1, 0.15) is 26.6 Å². The van der Waals surface area contributed by atoms with Crippen LogP contribution in [0.2, 0.25) is 0 Å². The molecule has 0 atom stereocenters. The molecule has 4 rings (SSSR count). The van der Waals surface area contributed by atoms with Crippen LogP contribution < -0.4 is 5.32 Å². The van der Waals surface area contributed by atoms with Gasteiger partial charge in [-0.25, -0.2) is 4.98 Å². The molecule has 0 saturated heterocycles. The van der Waals surface area contributed by atoms with E-state index in [0.717, 1.165) is 36.2 Å². The summed E-state index contributed by atoms with van der Waals surface area (Å²) in [7, 11) is 0. The molecule has 2 aromatic heterocycles. The van der Waals surface area contributed by atoms with Gasteiger partial charge in [0.15, 0.2) is 5.13 Å². The summed E-state index contributed by atoms with van der Waals surface area (Å²) in [5, 5.41) is 3.52. The summed E-state index contributed by atoms with van der Waals surface area (Å²) in [4.78, 5) is 24.5. The second kappa shape index (κ2) is 7.65. The number of hydrogen-bond donors (Lipinski definition) is 1. The van der Waals surface area contributed by atoms with Crippen molar-refractivity contribution >= 4 is 38.3 Å². The Labute approximate surface area is 164 Å². The van der Waals surface area contributed by atoms with Crippen molar-refractivity contribution in [3.05, 3.63) is 75.0 Å². The molecule has 1 aromatic carbocycles. The summed E-state index contributed by atoms with van der Waals surface area (Å²) >= 11 is 5.03. The summed E-state index contributed by atoms with van der Waals surface area (Å²) in [6.07, 6.45) is 2.52. The summed E-state index contributed by atoms with van der Waals surface area (Å²) in [6, 6.07) is 13.7. The molecule has 1 aliphatic rings. The largest absolute Gasteiger partial charge is 0.296 e. The number of halogens is 1. The Morgan fingerprint density at radius 1 is 1.23 bits per heavy atom. The van der Waals surface area contributed by atoms with Gasteiger partial charge in [-0.2, -0.15) is 0 Å². The van der Waals surface area contributed by atoms with Gasteiger partial charge in [0.05, 0.1) is 5.69 Å². The second-order valence-corrected chi connectivity index (χ2v) is 8.14. The summed E-state index contributed by atoms with van der Waals surface area (Å²) in [5.41, 5.74) is 2.79. The van der Waals surface area contributed by atoms with Crippen molar-refractivity contribution < 1.29 is 4.79 Å². The van der Waals surface area contributed by atoms with E-state index >= 15 is 0 Å². The van der Waals surface area contributed by atoms with Crippen molar-refractivity contribution in [1.82, 2.24) is 14.9 Å². The normalized spacial score (nSPS) is 14.0. The van der Waals surface area contributed by atoms with Crippen LogP contribution in [-0.4, -0.2) is 27.3 Å². The topological polar surface area (TPSA) is 58.1 Å². The number of carbonyl (C=O) groups is 1. The lowest BCUT2D eigenvalue weighted by molar-refractivity contribution is 0.102. The third-order valence-corrected chi connectivity index (χ3v) is 5.77. The Kier molecular flexibility index (Phi) is 5.10. The SMILES string of the molecule is O=C(Nc1nc2c(s1)CN(Cc1ccc(Br)cc1)CC2)c1ccccn1. The number of amides is 1. The first-order valence-corrected chi connectivity index (χ1v) is 9.96. The molecule has 0 spiro atoms. The minimum atomic E-state index is -0.219. The molecule has 0 unspecified atom stereocenters. The lowest BCUT2D eigenvalue weighted by Gasteiger charge is -2.25. The third-order valence-electron chi connectivity index (χ3n) is 4.25. The van der Waals surface area contributed by atoms with Gasteiger partial charge < -0.3 is 0 Å². The van der Waals surface area contributed by atoms with Crippen LogP contribution in [0.5, 0.6) is 0 Å². The predicted molar refractivity (Wildman–Crippen MR) is 106 cm³/mol. The fraction of sp³-hybridized carbons (Fsp3) is 0.211. The fourth-order valence-corrected chi connectivity index (χ4v) is 4.25. The van der Waals surface area contributed by atoms with Gasteiger partial charge in [0.25, 0.3) is 5.91 Å². The Balaban J connectivity index is 1.42. The quantitative estimate of drug-likeness (QED) is 0.678. The van der Waals surface area contributed by atoms with E-state index in [-0.39, 0.29) is 5.91 Å². The van der Waals surface area contributed by atoms with E-state index in [1.54, 1.807) is 35.7 Å². The molecule has 1 N–H and O–H groups in total. The minimum absolute atomic E-state index is 0.219. The zero-order valence-electron chi connectivity index (χ0n) is 14.0. The summed E-state index contributed by atoms with van der Waals surface area (Å²) in [5.74, 6) is -0.219. The fourth-order valence-electron chi connectivity index (χ4n) is 2.94. The van der Waals surface area contributed by atoms with Gasteiger partial charge in [-0.3, -0.25) is 20.0 Å². The number of carbonyl (C=O) groups excluding carboxylic acids is 1. The molecular formula is C19H17BrN4OS. The number of nitrogens with zero attached hydrogens (tertiary/aromatic N) is 3. The van der Waals surface area contributed by atoms with Crippen LogP contribution >= 0.6 is 27.3 Å². The van der Waals surface area contributed by atoms with E-state index in [1.807, 2.05) is 0 Å². The van der Waals surface area contributed by atoms with Gasteiger partial charge >= 0.3 is 0 Å². The number of aromatic nitrogens is 2. The molecule has 7 heteroatoms. The highest BCUT2D eigenvalue weighted by Crippen LogP contribution is 2.29. The van der Waals surface area contributed by atoms with Gasteiger partial charge in [0, 0.05) is 41.6 Å². The molecule has 3 heterocycles. The number of benzene rings is 1. The maximum atomic E-state index is 12.2. The zero-order valence-corrected chi connectivity index (χ0v) is 16.4. The average molecular weight is 429 g/mol. The summed E-state index contributed by atoms with van der Waals surface area (Å²) in [6.45, 7) is 2.75. The highest BCUT2D eigenvalue weighted by Gasteiger charge is 2.21. The first-order chi connectivity index (χ1) is 12.7. The predicted octanol–water partition coefficient (Wildman–Crippen LogP) is 4.11. The van der Waals surface area contributed by atoms with E-state index in [9.17, 15) is 4.79 Å². The van der Waals surface area contributed by atoms with Crippen LogP contribution in [0.4, 0.5) is 5.13 Å². The number of nitrogens with one attached hydrogen (secondary N) is 1. The maximum Gasteiger partial charge on any atom is 0.276 e. The molecule has 3 aromatic rings. The van der Waals surface area contributed by atoms with Crippen molar-refractivity contribution in [3.8, 4) is 0 Å².